The highest BCUT2D eigenvalue weighted by Crippen LogP contribution is 2.23. The Hall–Kier alpha value is -0.180. The van der Waals surface area contributed by atoms with Gasteiger partial charge in [-0.2, -0.15) is 0 Å². The maximum Gasteiger partial charge on any atom is 0.367 e. The Bertz CT molecular complexity index is 194. The van der Waals surface area contributed by atoms with Crippen LogP contribution in [-0.2, 0) is 4.74 Å². The predicted molar refractivity (Wildman–Crippen MR) is 70.0 cm³/mol. The number of rotatable bonds is 9. The Morgan fingerprint density at radius 1 is 1.12 bits per heavy atom. The number of hydrogen-bond acceptors (Lipinski definition) is 3. The minimum Gasteiger partial charge on any atom is -0.453 e. The number of thioether (sulfide) groups is 1. The summed E-state index contributed by atoms with van der Waals surface area (Å²) in [4.78, 5) is 10.8. The van der Waals surface area contributed by atoms with E-state index in [1.54, 1.807) is 0 Å². The molecule has 0 bridgehead atoms. The second-order valence-electron chi connectivity index (χ2n) is 4.56. The molecule has 0 saturated carbocycles. The van der Waals surface area contributed by atoms with Crippen molar-refractivity contribution in [1.29, 1.82) is 0 Å². The lowest BCUT2D eigenvalue weighted by atomic mass is 10.1. The molecule has 1 aliphatic rings. The molecule has 2 nitrogen and oxygen atoms in total. The van der Waals surface area contributed by atoms with E-state index in [1.165, 1.54) is 63.1 Å². The number of ether oxygens (including phenoxy) is 1. The standard InChI is InChI=1S/C13H24O2S/c1-2-3-4-5-6-7-8-9-10-12-11-16-13(14)15-12/h12H,2-11H2,1H3. The molecule has 0 spiro atoms. The first-order chi connectivity index (χ1) is 7.83. The third kappa shape index (κ3) is 6.41. The molecule has 16 heavy (non-hydrogen) atoms. The summed E-state index contributed by atoms with van der Waals surface area (Å²) in [6, 6.07) is 0. The fourth-order valence-corrected chi connectivity index (χ4v) is 2.77. The normalized spacial score (nSPS) is 20.1. The molecule has 1 atom stereocenters. The zero-order chi connectivity index (χ0) is 11.6. The molecule has 0 aromatic carbocycles. The van der Waals surface area contributed by atoms with Gasteiger partial charge in [0.1, 0.15) is 6.10 Å². The van der Waals surface area contributed by atoms with Gasteiger partial charge < -0.3 is 4.74 Å². The molecule has 0 aromatic heterocycles. The van der Waals surface area contributed by atoms with Crippen molar-refractivity contribution in [3.8, 4) is 0 Å². The highest BCUT2D eigenvalue weighted by atomic mass is 32.2. The molecule has 1 aliphatic heterocycles. The minimum absolute atomic E-state index is 0.0791. The average Bonchev–Trinajstić information content (AvgIpc) is 2.68. The first kappa shape index (κ1) is 13.9. The van der Waals surface area contributed by atoms with Crippen molar-refractivity contribution in [2.45, 2.75) is 70.8 Å². The quantitative estimate of drug-likeness (QED) is 0.432. The maximum atomic E-state index is 10.8. The smallest absolute Gasteiger partial charge is 0.367 e. The Morgan fingerprint density at radius 3 is 2.31 bits per heavy atom. The highest BCUT2D eigenvalue weighted by Gasteiger charge is 2.23. The third-order valence-electron chi connectivity index (χ3n) is 3.03. The molecule has 0 N–H and O–H groups in total. The number of hydrogen-bond donors (Lipinski definition) is 0. The van der Waals surface area contributed by atoms with Gasteiger partial charge in [0.2, 0.25) is 0 Å². The fraction of sp³-hybridized carbons (Fsp3) is 0.923. The monoisotopic (exact) mass is 244 g/mol. The molecule has 0 aliphatic carbocycles. The van der Waals surface area contributed by atoms with E-state index in [9.17, 15) is 4.79 Å². The van der Waals surface area contributed by atoms with Crippen LogP contribution >= 0.6 is 11.8 Å². The number of unbranched alkanes of at least 4 members (excludes halogenated alkanes) is 7. The van der Waals surface area contributed by atoms with Gasteiger partial charge in [-0.15, -0.1) is 0 Å². The van der Waals surface area contributed by atoms with E-state index in [4.69, 9.17) is 4.74 Å². The highest BCUT2D eigenvalue weighted by molar-refractivity contribution is 8.13. The SMILES string of the molecule is CCCCCCCCCCC1CSC(=O)O1. The molecule has 1 rings (SSSR count). The third-order valence-corrected chi connectivity index (χ3v) is 3.90. The van der Waals surface area contributed by atoms with Crippen molar-refractivity contribution in [1.82, 2.24) is 0 Å². The Morgan fingerprint density at radius 2 is 1.75 bits per heavy atom. The van der Waals surface area contributed by atoms with Crippen LogP contribution in [-0.4, -0.2) is 17.2 Å². The molecule has 0 amide bonds. The second kappa shape index (κ2) is 8.91. The Kier molecular flexibility index (Phi) is 7.73. The van der Waals surface area contributed by atoms with Crippen LogP contribution in [0.3, 0.4) is 0 Å². The predicted octanol–water partition coefficient (Wildman–Crippen LogP) is 4.77. The molecule has 0 aromatic rings. The largest absolute Gasteiger partial charge is 0.453 e. The van der Waals surface area contributed by atoms with Crippen molar-refractivity contribution in [3.05, 3.63) is 0 Å². The van der Waals surface area contributed by atoms with E-state index >= 15 is 0 Å². The fourth-order valence-electron chi connectivity index (χ4n) is 2.01. The Balaban J connectivity index is 1.79. The van der Waals surface area contributed by atoms with Crippen molar-refractivity contribution in [3.63, 3.8) is 0 Å². The van der Waals surface area contributed by atoms with Crippen molar-refractivity contribution < 1.29 is 9.53 Å². The molecule has 1 saturated heterocycles. The summed E-state index contributed by atoms with van der Waals surface area (Å²) >= 11 is 1.32. The van der Waals surface area contributed by atoms with Crippen molar-refractivity contribution in [2.24, 2.45) is 0 Å². The lowest BCUT2D eigenvalue weighted by Crippen LogP contribution is -2.08. The van der Waals surface area contributed by atoms with Crippen LogP contribution in [0.2, 0.25) is 0 Å². The van der Waals surface area contributed by atoms with Crippen molar-refractivity contribution >= 4 is 17.1 Å². The van der Waals surface area contributed by atoms with Gasteiger partial charge in [-0.1, -0.05) is 51.9 Å². The van der Waals surface area contributed by atoms with E-state index in [1.807, 2.05) is 0 Å². The summed E-state index contributed by atoms with van der Waals surface area (Å²) in [6.45, 7) is 2.25. The molecule has 94 valence electrons. The number of carbonyl (C=O) groups is 1. The molecule has 3 heteroatoms. The van der Waals surface area contributed by atoms with Crippen LogP contribution in [0.25, 0.3) is 0 Å². The summed E-state index contributed by atoms with van der Waals surface area (Å²) < 4.78 is 5.14. The Labute approximate surface area is 104 Å². The van der Waals surface area contributed by atoms with Gasteiger partial charge >= 0.3 is 5.30 Å². The zero-order valence-electron chi connectivity index (χ0n) is 10.4. The van der Waals surface area contributed by atoms with E-state index in [0.717, 1.165) is 12.2 Å². The minimum atomic E-state index is -0.0791. The van der Waals surface area contributed by atoms with Gasteiger partial charge in [0, 0.05) is 5.75 Å². The summed E-state index contributed by atoms with van der Waals surface area (Å²) in [6.07, 6.45) is 12.0. The maximum absolute atomic E-state index is 10.8. The molecule has 1 unspecified atom stereocenters. The van der Waals surface area contributed by atoms with E-state index in [0.29, 0.717) is 0 Å². The van der Waals surface area contributed by atoms with Crippen LogP contribution in [0, 0.1) is 0 Å². The molecular formula is C13H24O2S. The first-order valence-electron chi connectivity index (χ1n) is 6.66. The summed E-state index contributed by atoms with van der Waals surface area (Å²) in [5.41, 5.74) is 0. The zero-order valence-corrected chi connectivity index (χ0v) is 11.2. The van der Waals surface area contributed by atoms with Crippen LogP contribution in [0.15, 0.2) is 0 Å². The van der Waals surface area contributed by atoms with Gasteiger partial charge in [0.05, 0.1) is 0 Å². The van der Waals surface area contributed by atoms with Crippen LogP contribution in [0.4, 0.5) is 4.79 Å². The van der Waals surface area contributed by atoms with Crippen LogP contribution in [0.1, 0.15) is 64.7 Å². The average molecular weight is 244 g/mol. The molecular weight excluding hydrogens is 220 g/mol. The van der Waals surface area contributed by atoms with Gasteiger partial charge in [-0.25, -0.2) is 4.79 Å². The topological polar surface area (TPSA) is 26.3 Å². The second-order valence-corrected chi connectivity index (χ2v) is 5.52. The van der Waals surface area contributed by atoms with Gasteiger partial charge in [-0.05, 0) is 24.6 Å². The van der Waals surface area contributed by atoms with Crippen LogP contribution in [0.5, 0.6) is 0 Å². The number of carbonyl (C=O) groups excluding carboxylic acids is 1. The van der Waals surface area contributed by atoms with E-state index in [2.05, 4.69) is 6.92 Å². The summed E-state index contributed by atoms with van der Waals surface area (Å²) in [7, 11) is 0. The van der Waals surface area contributed by atoms with Gasteiger partial charge in [0.25, 0.3) is 0 Å². The summed E-state index contributed by atoms with van der Waals surface area (Å²) in [5, 5.41) is -0.0791. The molecule has 0 radical (unpaired) electrons. The molecule has 1 fully saturated rings. The van der Waals surface area contributed by atoms with E-state index < -0.39 is 0 Å². The number of cyclic esters (lactones) is 1. The lowest BCUT2D eigenvalue weighted by Gasteiger charge is -2.07. The van der Waals surface area contributed by atoms with Gasteiger partial charge in [-0.3, -0.25) is 0 Å². The lowest BCUT2D eigenvalue weighted by molar-refractivity contribution is 0.137. The summed E-state index contributed by atoms with van der Waals surface area (Å²) in [5.74, 6) is 0.870. The van der Waals surface area contributed by atoms with Crippen LogP contribution < -0.4 is 0 Å². The first-order valence-corrected chi connectivity index (χ1v) is 7.65. The van der Waals surface area contributed by atoms with Gasteiger partial charge in [0.15, 0.2) is 0 Å². The van der Waals surface area contributed by atoms with E-state index in [-0.39, 0.29) is 11.4 Å². The van der Waals surface area contributed by atoms with Crippen molar-refractivity contribution in [2.75, 3.05) is 5.75 Å². The molecule has 1 heterocycles.